The van der Waals surface area contributed by atoms with Crippen molar-refractivity contribution in [2.75, 3.05) is 26.7 Å². The first-order chi connectivity index (χ1) is 7.88. The fourth-order valence-corrected chi connectivity index (χ4v) is 1.72. The number of urea groups is 1. The zero-order chi connectivity index (χ0) is 13.2. The minimum atomic E-state index is -0.820. The second-order valence-corrected chi connectivity index (χ2v) is 4.72. The second-order valence-electron chi connectivity index (χ2n) is 4.72. The molecule has 0 aromatic carbocycles. The van der Waals surface area contributed by atoms with Gasteiger partial charge in [0.05, 0.1) is 18.6 Å². The van der Waals surface area contributed by atoms with Gasteiger partial charge < -0.3 is 20.0 Å². The summed E-state index contributed by atoms with van der Waals surface area (Å²) in [7, 11) is 1.64. The number of amides is 2. The minimum absolute atomic E-state index is 0.0364. The molecule has 0 aliphatic carbocycles. The molecule has 0 aromatic heterocycles. The summed E-state index contributed by atoms with van der Waals surface area (Å²) < 4.78 is 0. The number of nitrogens with zero attached hydrogens (tertiary/aromatic N) is 2. The first-order valence-electron chi connectivity index (χ1n) is 5.73. The van der Waals surface area contributed by atoms with Crippen LogP contribution in [0.2, 0.25) is 0 Å². The number of aliphatic carboxylic acids is 1. The fourth-order valence-electron chi connectivity index (χ4n) is 1.72. The van der Waals surface area contributed by atoms with E-state index < -0.39 is 11.9 Å². The number of carbonyl (C=O) groups is 2. The second kappa shape index (κ2) is 5.35. The SMILES string of the molecule is CC(C(=O)O)C1CN(C(=O)N(C)C(C)CO)C1. The Morgan fingerprint density at radius 3 is 2.35 bits per heavy atom. The standard InChI is InChI=1S/C11H20N2O4/c1-7(6-14)12(3)11(17)13-4-9(5-13)8(2)10(15)16/h7-9,14H,4-6H2,1-3H3,(H,15,16). The van der Waals surface area contributed by atoms with Crippen LogP contribution in [-0.2, 0) is 4.79 Å². The molecule has 17 heavy (non-hydrogen) atoms. The van der Waals surface area contributed by atoms with Crippen molar-refractivity contribution in [2.24, 2.45) is 11.8 Å². The van der Waals surface area contributed by atoms with Crippen molar-refractivity contribution >= 4 is 12.0 Å². The van der Waals surface area contributed by atoms with Crippen LogP contribution in [0.25, 0.3) is 0 Å². The lowest BCUT2D eigenvalue weighted by molar-refractivity contribution is -0.144. The number of aliphatic hydroxyl groups is 1. The van der Waals surface area contributed by atoms with E-state index in [9.17, 15) is 9.59 Å². The average Bonchev–Trinajstić information content (AvgIpc) is 2.24. The Morgan fingerprint density at radius 1 is 1.41 bits per heavy atom. The molecule has 1 aliphatic rings. The number of rotatable bonds is 4. The largest absolute Gasteiger partial charge is 0.481 e. The first-order valence-corrected chi connectivity index (χ1v) is 5.73. The fraction of sp³-hybridized carbons (Fsp3) is 0.818. The molecule has 98 valence electrons. The van der Waals surface area contributed by atoms with Crippen LogP contribution in [0.15, 0.2) is 0 Å². The molecule has 1 aliphatic heterocycles. The molecule has 2 unspecified atom stereocenters. The van der Waals surface area contributed by atoms with E-state index >= 15 is 0 Å². The summed E-state index contributed by atoms with van der Waals surface area (Å²) in [6.45, 7) is 4.30. The molecule has 2 amide bonds. The van der Waals surface area contributed by atoms with Gasteiger partial charge in [-0.2, -0.15) is 0 Å². The first kappa shape index (κ1) is 13.8. The van der Waals surface area contributed by atoms with Crippen molar-refractivity contribution in [3.05, 3.63) is 0 Å². The highest BCUT2D eigenvalue weighted by Crippen LogP contribution is 2.25. The summed E-state index contributed by atoms with van der Waals surface area (Å²) in [4.78, 5) is 25.7. The Hall–Kier alpha value is -1.30. The van der Waals surface area contributed by atoms with Crippen LogP contribution in [0.1, 0.15) is 13.8 Å². The smallest absolute Gasteiger partial charge is 0.320 e. The van der Waals surface area contributed by atoms with E-state index in [0.29, 0.717) is 13.1 Å². The van der Waals surface area contributed by atoms with Gasteiger partial charge in [0.15, 0.2) is 0 Å². The minimum Gasteiger partial charge on any atom is -0.481 e. The molecule has 0 saturated carbocycles. The van der Waals surface area contributed by atoms with Gasteiger partial charge in [-0.25, -0.2) is 4.79 Å². The molecular weight excluding hydrogens is 224 g/mol. The highest BCUT2D eigenvalue weighted by atomic mass is 16.4. The van der Waals surface area contributed by atoms with Gasteiger partial charge in [-0.3, -0.25) is 4.79 Å². The molecule has 0 spiro atoms. The van der Waals surface area contributed by atoms with E-state index in [0.717, 1.165) is 0 Å². The predicted molar refractivity (Wildman–Crippen MR) is 61.6 cm³/mol. The number of carboxylic acid groups (broad SMARTS) is 1. The normalized spacial score (nSPS) is 19.4. The van der Waals surface area contributed by atoms with Crippen LogP contribution in [0.4, 0.5) is 4.79 Å². The van der Waals surface area contributed by atoms with Crippen LogP contribution in [-0.4, -0.2) is 64.8 Å². The molecule has 0 aromatic rings. The summed E-state index contributed by atoms with van der Waals surface area (Å²) in [5.74, 6) is -1.20. The highest BCUT2D eigenvalue weighted by molar-refractivity contribution is 5.76. The van der Waals surface area contributed by atoms with Crippen molar-refractivity contribution < 1.29 is 19.8 Å². The van der Waals surface area contributed by atoms with Crippen LogP contribution in [0.3, 0.4) is 0 Å². The van der Waals surface area contributed by atoms with Gasteiger partial charge in [0.25, 0.3) is 0 Å². The summed E-state index contributed by atoms with van der Waals surface area (Å²) in [6.07, 6.45) is 0. The number of hydrogen-bond donors (Lipinski definition) is 2. The third-order valence-corrected chi connectivity index (χ3v) is 3.50. The zero-order valence-corrected chi connectivity index (χ0v) is 10.5. The molecule has 1 fully saturated rings. The van der Waals surface area contributed by atoms with Crippen molar-refractivity contribution in [2.45, 2.75) is 19.9 Å². The van der Waals surface area contributed by atoms with Crippen LogP contribution in [0.5, 0.6) is 0 Å². The summed E-state index contributed by atoms with van der Waals surface area (Å²) in [6, 6.07) is -0.376. The third-order valence-electron chi connectivity index (χ3n) is 3.50. The van der Waals surface area contributed by atoms with Gasteiger partial charge in [0.1, 0.15) is 0 Å². The molecule has 2 atom stereocenters. The average molecular weight is 244 g/mol. The van der Waals surface area contributed by atoms with Crippen LogP contribution >= 0.6 is 0 Å². The van der Waals surface area contributed by atoms with E-state index in [2.05, 4.69) is 0 Å². The van der Waals surface area contributed by atoms with Crippen LogP contribution in [0, 0.1) is 11.8 Å². The van der Waals surface area contributed by atoms with E-state index in [1.165, 1.54) is 4.90 Å². The summed E-state index contributed by atoms with van der Waals surface area (Å²) >= 11 is 0. The van der Waals surface area contributed by atoms with E-state index in [-0.39, 0.29) is 24.6 Å². The van der Waals surface area contributed by atoms with E-state index in [4.69, 9.17) is 10.2 Å². The van der Waals surface area contributed by atoms with Crippen molar-refractivity contribution in [1.82, 2.24) is 9.80 Å². The molecular formula is C11H20N2O4. The van der Waals surface area contributed by atoms with Gasteiger partial charge in [0.2, 0.25) is 0 Å². The number of likely N-dealkylation sites (tertiary alicyclic amines) is 1. The third kappa shape index (κ3) is 2.88. The lowest BCUT2D eigenvalue weighted by atomic mass is 9.87. The maximum atomic E-state index is 11.9. The van der Waals surface area contributed by atoms with Gasteiger partial charge >= 0.3 is 12.0 Å². The van der Waals surface area contributed by atoms with Crippen LogP contribution < -0.4 is 0 Å². The van der Waals surface area contributed by atoms with Gasteiger partial charge in [-0.05, 0) is 6.92 Å². The Bertz CT molecular complexity index is 302. The van der Waals surface area contributed by atoms with Crippen molar-refractivity contribution in [3.8, 4) is 0 Å². The molecule has 2 N–H and O–H groups in total. The molecule has 1 saturated heterocycles. The molecule has 6 heteroatoms. The summed E-state index contributed by atoms with van der Waals surface area (Å²) in [5.41, 5.74) is 0. The number of hydrogen-bond acceptors (Lipinski definition) is 3. The van der Waals surface area contributed by atoms with E-state index in [1.54, 1.807) is 25.8 Å². The number of carbonyl (C=O) groups excluding carboxylic acids is 1. The molecule has 6 nitrogen and oxygen atoms in total. The van der Waals surface area contributed by atoms with Gasteiger partial charge in [-0.1, -0.05) is 6.92 Å². The predicted octanol–water partition coefficient (Wildman–Crippen LogP) is 0.0715. The van der Waals surface area contributed by atoms with Crippen molar-refractivity contribution in [1.29, 1.82) is 0 Å². The van der Waals surface area contributed by atoms with Gasteiger partial charge in [-0.15, -0.1) is 0 Å². The van der Waals surface area contributed by atoms with Gasteiger partial charge in [0, 0.05) is 26.1 Å². The quantitative estimate of drug-likeness (QED) is 0.733. The van der Waals surface area contributed by atoms with E-state index in [1.807, 2.05) is 0 Å². The number of aliphatic hydroxyl groups excluding tert-OH is 1. The monoisotopic (exact) mass is 244 g/mol. The number of carboxylic acids is 1. The lowest BCUT2D eigenvalue weighted by Gasteiger charge is -2.43. The zero-order valence-electron chi connectivity index (χ0n) is 10.5. The maximum Gasteiger partial charge on any atom is 0.320 e. The maximum absolute atomic E-state index is 11.9. The Kier molecular flexibility index (Phi) is 4.34. The Morgan fingerprint density at radius 2 is 1.94 bits per heavy atom. The highest BCUT2D eigenvalue weighted by Gasteiger charge is 2.38. The Labute approximate surface area is 101 Å². The molecule has 1 heterocycles. The Balaban J connectivity index is 2.42. The summed E-state index contributed by atoms with van der Waals surface area (Å²) in [5, 5.41) is 17.8. The molecule has 0 bridgehead atoms. The molecule has 1 rings (SSSR count). The lowest BCUT2D eigenvalue weighted by Crippen LogP contribution is -2.58. The molecule has 0 radical (unpaired) electrons. The van der Waals surface area contributed by atoms with Crippen molar-refractivity contribution in [3.63, 3.8) is 0 Å². The number of likely N-dealkylation sites (N-methyl/N-ethyl adjacent to an activating group) is 1. The topological polar surface area (TPSA) is 81.1 Å².